The number of nitrogens with one attached hydrogen (secondary N) is 1. The van der Waals surface area contributed by atoms with Crippen LogP contribution in [-0.2, 0) is 0 Å². The van der Waals surface area contributed by atoms with Crippen LogP contribution >= 0.6 is 0 Å². The fourth-order valence-corrected chi connectivity index (χ4v) is 6.36. The molecule has 34 heavy (non-hydrogen) atoms. The van der Waals surface area contributed by atoms with Gasteiger partial charge in [-0.25, -0.2) is 9.97 Å². The van der Waals surface area contributed by atoms with Gasteiger partial charge in [0.05, 0.1) is 23.1 Å². The minimum absolute atomic E-state index is 0.0149. The number of nitrogens with zero attached hydrogens (tertiary/aromatic N) is 4. The molecule has 168 valence electrons. The molecule has 5 aromatic rings. The van der Waals surface area contributed by atoms with Gasteiger partial charge >= 0.3 is 0 Å². The zero-order valence-corrected chi connectivity index (χ0v) is 18.9. The lowest BCUT2D eigenvalue weighted by Gasteiger charge is -2.42. The fourth-order valence-electron chi connectivity index (χ4n) is 6.36. The third kappa shape index (κ3) is 2.73. The molecule has 6 nitrogen and oxygen atoms in total. The maximum Gasteiger partial charge on any atom is 0.163 e. The number of nitrogens with two attached hydrogens (primary N) is 1. The molecule has 1 aliphatic heterocycles. The Morgan fingerprint density at radius 3 is 2.62 bits per heavy atom. The van der Waals surface area contributed by atoms with E-state index < -0.39 is 0 Å². The largest absolute Gasteiger partial charge is 0.323 e. The summed E-state index contributed by atoms with van der Waals surface area (Å²) in [5.74, 6) is 0.155. The summed E-state index contributed by atoms with van der Waals surface area (Å²) in [5, 5.41) is 4.62. The molecule has 2 aliphatic rings. The molecule has 4 heterocycles. The number of aromatic nitrogens is 4. The third-order valence-electron chi connectivity index (χ3n) is 7.96. The Kier molecular flexibility index (Phi) is 4.34. The first kappa shape index (κ1) is 19.8. The Morgan fingerprint density at radius 1 is 0.882 bits per heavy atom. The Labute approximate surface area is 197 Å². The lowest BCUT2D eigenvalue weighted by Crippen LogP contribution is -2.44. The number of fused-ring (bicyclic) bond motifs is 3. The van der Waals surface area contributed by atoms with Gasteiger partial charge in [0.15, 0.2) is 5.65 Å². The van der Waals surface area contributed by atoms with Crippen LogP contribution in [0.2, 0.25) is 0 Å². The van der Waals surface area contributed by atoms with Crippen LogP contribution in [0.15, 0.2) is 79.3 Å². The molecule has 3 N–H and O–H groups in total. The Morgan fingerprint density at radius 2 is 1.74 bits per heavy atom. The van der Waals surface area contributed by atoms with Gasteiger partial charge < -0.3 is 11.1 Å². The number of hydrogen-bond donors (Lipinski definition) is 2. The highest BCUT2D eigenvalue weighted by Crippen LogP contribution is 2.59. The number of rotatable bonds is 2. The predicted octanol–water partition coefficient (Wildman–Crippen LogP) is 4.48. The summed E-state index contributed by atoms with van der Waals surface area (Å²) >= 11 is 0. The topological polar surface area (TPSA) is 81.7 Å². The van der Waals surface area contributed by atoms with Crippen molar-refractivity contribution >= 4 is 22.1 Å². The lowest BCUT2D eigenvalue weighted by atomic mass is 9.66. The number of hydrogen-bond acceptors (Lipinski definition) is 5. The van der Waals surface area contributed by atoms with Crippen LogP contribution in [0.4, 0.5) is 0 Å². The molecule has 1 saturated heterocycles. The molecule has 2 atom stereocenters. The molecule has 2 aromatic carbocycles. The first-order valence-corrected chi connectivity index (χ1v) is 12.0. The van der Waals surface area contributed by atoms with Gasteiger partial charge in [-0.2, -0.15) is 0 Å². The van der Waals surface area contributed by atoms with Crippen molar-refractivity contribution in [1.82, 2.24) is 24.8 Å². The lowest BCUT2D eigenvalue weighted by molar-refractivity contribution is 0.149. The van der Waals surface area contributed by atoms with Gasteiger partial charge in [-0.15, -0.1) is 0 Å². The maximum absolute atomic E-state index is 6.94. The van der Waals surface area contributed by atoms with Crippen LogP contribution in [0.3, 0.4) is 0 Å². The number of benzene rings is 2. The molecule has 7 rings (SSSR count). The van der Waals surface area contributed by atoms with Crippen molar-refractivity contribution < 1.29 is 0 Å². The normalized spacial score (nSPS) is 21.3. The molecule has 3 aromatic heterocycles. The maximum atomic E-state index is 6.94. The van der Waals surface area contributed by atoms with Gasteiger partial charge in [0.2, 0.25) is 0 Å². The van der Waals surface area contributed by atoms with E-state index in [4.69, 9.17) is 15.7 Å². The Hall–Kier alpha value is -3.61. The smallest absolute Gasteiger partial charge is 0.163 e. The monoisotopic (exact) mass is 446 g/mol. The van der Waals surface area contributed by atoms with Crippen molar-refractivity contribution in [2.45, 2.75) is 24.8 Å². The summed E-state index contributed by atoms with van der Waals surface area (Å²) in [6, 6.07) is 21.0. The number of piperidine rings is 1. The average Bonchev–Trinajstić information content (AvgIpc) is 3.41. The average molecular weight is 447 g/mol. The second kappa shape index (κ2) is 7.45. The van der Waals surface area contributed by atoms with Gasteiger partial charge in [-0.1, -0.05) is 30.3 Å². The Balaban J connectivity index is 1.38. The fraction of sp³-hybridized carbons (Fsp3) is 0.250. The molecule has 1 spiro atoms. The van der Waals surface area contributed by atoms with Crippen LogP contribution in [-0.4, -0.2) is 32.6 Å². The van der Waals surface area contributed by atoms with Crippen molar-refractivity contribution in [1.29, 1.82) is 0 Å². The Bertz CT molecular complexity index is 1530. The van der Waals surface area contributed by atoms with Gasteiger partial charge in [0, 0.05) is 35.2 Å². The van der Waals surface area contributed by atoms with E-state index in [0.29, 0.717) is 0 Å². The van der Waals surface area contributed by atoms with Crippen LogP contribution in [0.25, 0.3) is 27.8 Å². The predicted molar refractivity (Wildman–Crippen MR) is 134 cm³/mol. The van der Waals surface area contributed by atoms with Crippen LogP contribution in [0.1, 0.15) is 41.6 Å². The second-order valence-electron chi connectivity index (χ2n) is 9.56. The van der Waals surface area contributed by atoms with E-state index in [1.165, 1.54) is 11.1 Å². The molecular weight excluding hydrogens is 420 g/mol. The van der Waals surface area contributed by atoms with E-state index in [1.807, 2.05) is 30.6 Å². The zero-order chi connectivity index (χ0) is 22.7. The van der Waals surface area contributed by atoms with Gasteiger partial charge in [0.1, 0.15) is 5.52 Å². The van der Waals surface area contributed by atoms with E-state index in [2.05, 4.69) is 63.5 Å². The van der Waals surface area contributed by atoms with Crippen molar-refractivity contribution in [3.05, 3.63) is 96.1 Å². The van der Waals surface area contributed by atoms with Gasteiger partial charge in [-0.3, -0.25) is 9.55 Å². The second-order valence-corrected chi connectivity index (χ2v) is 9.56. The summed E-state index contributed by atoms with van der Waals surface area (Å²) in [5.41, 5.74) is 14.3. The van der Waals surface area contributed by atoms with Crippen LogP contribution < -0.4 is 11.1 Å². The molecule has 6 heteroatoms. The molecule has 0 bridgehead atoms. The summed E-state index contributed by atoms with van der Waals surface area (Å²) < 4.78 is 2.12. The van der Waals surface area contributed by atoms with E-state index in [-0.39, 0.29) is 17.4 Å². The van der Waals surface area contributed by atoms with Crippen LogP contribution in [0.5, 0.6) is 0 Å². The van der Waals surface area contributed by atoms with E-state index in [9.17, 15) is 0 Å². The van der Waals surface area contributed by atoms with Gasteiger partial charge in [-0.05, 0) is 67.4 Å². The number of pyridine rings is 1. The molecule has 2 unspecified atom stereocenters. The van der Waals surface area contributed by atoms with Crippen molar-refractivity contribution in [3.63, 3.8) is 0 Å². The summed E-state index contributed by atoms with van der Waals surface area (Å²) in [4.78, 5) is 14.7. The first-order valence-electron chi connectivity index (χ1n) is 12.0. The summed E-state index contributed by atoms with van der Waals surface area (Å²) in [7, 11) is 0. The molecule has 0 radical (unpaired) electrons. The molecular formula is C28H26N6. The molecule has 1 fully saturated rings. The third-order valence-corrected chi connectivity index (χ3v) is 7.96. The van der Waals surface area contributed by atoms with Crippen molar-refractivity contribution in [3.8, 4) is 5.69 Å². The molecule has 0 saturated carbocycles. The highest BCUT2D eigenvalue weighted by atomic mass is 15.1. The van der Waals surface area contributed by atoms with Gasteiger partial charge in [0.25, 0.3) is 0 Å². The highest BCUT2D eigenvalue weighted by Gasteiger charge is 2.53. The summed E-state index contributed by atoms with van der Waals surface area (Å²) in [6.45, 7) is 1.97. The summed E-state index contributed by atoms with van der Waals surface area (Å²) in [6.07, 6.45) is 7.94. The van der Waals surface area contributed by atoms with E-state index in [0.717, 1.165) is 59.4 Å². The van der Waals surface area contributed by atoms with E-state index >= 15 is 0 Å². The quantitative estimate of drug-likeness (QED) is 0.418. The molecule has 0 amide bonds. The first-order chi connectivity index (χ1) is 16.8. The minimum atomic E-state index is -0.0266. The van der Waals surface area contributed by atoms with E-state index in [1.54, 1.807) is 0 Å². The highest BCUT2D eigenvalue weighted by molar-refractivity contribution is 5.89. The standard InChI is InChI=1S/C28H26N6/c29-26-19-6-2-1-5-18(19)25(28(26)11-14-30-15-12-28)23-17-32-27-22(33-23)10-16-34(27)24-9-3-8-21-20(24)7-4-13-31-21/h1-10,13,16-17,25-26,30H,11-12,14-15,29H2. The SMILES string of the molecule is NC1c2ccccc2C(c2cnc3c(ccn3-c3cccc4ncccc34)n2)C12CCNCC2. The minimum Gasteiger partial charge on any atom is -0.323 e. The molecule has 1 aliphatic carbocycles. The van der Waals surface area contributed by atoms with Crippen molar-refractivity contribution in [2.75, 3.05) is 13.1 Å². The zero-order valence-electron chi connectivity index (χ0n) is 18.9. The van der Waals surface area contributed by atoms with Crippen LogP contribution in [0, 0.1) is 5.41 Å². The van der Waals surface area contributed by atoms with Crippen molar-refractivity contribution in [2.24, 2.45) is 11.1 Å².